The lowest BCUT2D eigenvalue weighted by atomic mass is 10.2. The lowest BCUT2D eigenvalue weighted by Gasteiger charge is -1.98. The molecule has 3 rings (SSSR count). The van der Waals surface area contributed by atoms with Crippen molar-refractivity contribution in [1.82, 2.24) is 20.2 Å². The van der Waals surface area contributed by atoms with Gasteiger partial charge in [0.2, 0.25) is 5.82 Å². The van der Waals surface area contributed by atoms with E-state index in [0.717, 1.165) is 11.3 Å². The molecule has 0 aliphatic carbocycles. The predicted octanol–water partition coefficient (Wildman–Crippen LogP) is 2.64. The molecule has 4 heteroatoms. The van der Waals surface area contributed by atoms with E-state index in [0.29, 0.717) is 5.82 Å². The fourth-order valence-corrected chi connectivity index (χ4v) is 1.70. The van der Waals surface area contributed by atoms with Crippen molar-refractivity contribution < 1.29 is 0 Å². The zero-order valence-electron chi connectivity index (χ0n) is 9.99. The standard InChI is InChI=1S/C14H12N4/c1-11-7-9-13(10-8-11)18-16-14(15-17-18)12-5-3-2-4-6-12/h2-10H,1H3. The van der Waals surface area contributed by atoms with Crippen LogP contribution in [0.3, 0.4) is 0 Å². The molecular formula is C14H12N4. The molecule has 2 aromatic carbocycles. The lowest BCUT2D eigenvalue weighted by molar-refractivity contribution is 0.720. The highest BCUT2D eigenvalue weighted by molar-refractivity contribution is 5.53. The third-order valence-corrected chi connectivity index (χ3v) is 2.71. The largest absolute Gasteiger partial charge is 0.205 e. The quantitative estimate of drug-likeness (QED) is 0.687. The average Bonchev–Trinajstić information content (AvgIpc) is 2.90. The normalized spacial score (nSPS) is 10.5. The van der Waals surface area contributed by atoms with Crippen LogP contribution >= 0.6 is 0 Å². The first kappa shape index (κ1) is 10.7. The number of tetrazole rings is 1. The minimum absolute atomic E-state index is 0.635. The van der Waals surface area contributed by atoms with Gasteiger partial charge in [-0.2, -0.15) is 0 Å². The van der Waals surface area contributed by atoms with Crippen molar-refractivity contribution in [3.05, 3.63) is 60.2 Å². The van der Waals surface area contributed by atoms with Gasteiger partial charge in [-0.1, -0.05) is 48.0 Å². The second-order valence-corrected chi connectivity index (χ2v) is 4.10. The Labute approximate surface area is 105 Å². The molecule has 0 saturated heterocycles. The molecule has 0 aliphatic rings. The molecule has 0 spiro atoms. The molecule has 0 fully saturated rings. The molecular weight excluding hydrogens is 224 g/mol. The highest BCUT2D eigenvalue weighted by Crippen LogP contribution is 2.13. The van der Waals surface area contributed by atoms with Crippen LogP contribution in [-0.4, -0.2) is 20.2 Å². The van der Waals surface area contributed by atoms with Crippen molar-refractivity contribution in [3.8, 4) is 17.1 Å². The highest BCUT2D eigenvalue weighted by Gasteiger charge is 2.06. The molecule has 88 valence electrons. The van der Waals surface area contributed by atoms with Gasteiger partial charge in [0, 0.05) is 5.56 Å². The van der Waals surface area contributed by atoms with Crippen LogP contribution in [0.15, 0.2) is 54.6 Å². The van der Waals surface area contributed by atoms with Crippen LogP contribution in [0.2, 0.25) is 0 Å². The van der Waals surface area contributed by atoms with Crippen LogP contribution in [0.4, 0.5) is 0 Å². The van der Waals surface area contributed by atoms with E-state index in [1.165, 1.54) is 5.56 Å². The maximum absolute atomic E-state index is 4.37. The predicted molar refractivity (Wildman–Crippen MR) is 69.3 cm³/mol. The Kier molecular flexibility index (Phi) is 2.61. The van der Waals surface area contributed by atoms with E-state index >= 15 is 0 Å². The zero-order chi connectivity index (χ0) is 12.4. The van der Waals surface area contributed by atoms with Gasteiger partial charge in [-0.05, 0) is 24.3 Å². The Morgan fingerprint density at radius 1 is 0.889 bits per heavy atom. The Hall–Kier alpha value is -2.49. The first-order valence-electron chi connectivity index (χ1n) is 5.75. The molecule has 0 unspecified atom stereocenters. The lowest BCUT2D eigenvalue weighted by Crippen LogP contribution is -1.98. The van der Waals surface area contributed by atoms with Gasteiger partial charge in [0.1, 0.15) is 0 Å². The van der Waals surface area contributed by atoms with E-state index < -0.39 is 0 Å². The maximum atomic E-state index is 4.37. The number of benzene rings is 2. The summed E-state index contributed by atoms with van der Waals surface area (Å²) in [5, 5.41) is 12.5. The molecule has 1 aromatic heterocycles. The number of aryl methyl sites for hydroxylation is 1. The number of hydrogen-bond acceptors (Lipinski definition) is 3. The summed E-state index contributed by atoms with van der Waals surface area (Å²) in [4.78, 5) is 1.54. The fraction of sp³-hybridized carbons (Fsp3) is 0.0714. The molecule has 0 aliphatic heterocycles. The van der Waals surface area contributed by atoms with Crippen molar-refractivity contribution in [1.29, 1.82) is 0 Å². The fourth-order valence-electron chi connectivity index (χ4n) is 1.70. The molecule has 0 N–H and O–H groups in total. The van der Waals surface area contributed by atoms with Gasteiger partial charge in [-0.25, -0.2) is 0 Å². The number of nitrogens with zero attached hydrogens (tertiary/aromatic N) is 4. The molecule has 3 aromatic rings. The SMILES string of the molecule is Cc1ccc(-n2nnc(-c3ccccc3)n2)cc1. The number of aromatic nitrogens is 4. The second-order valence-electron chi connectivity index (χ2n) is 4.10. The smallest absolute Gasteiger partial charge is 0.130 e. The van der Waals surface area contributed by atoms with Crippen molar-refractivity contribution in [2.45, 2.75) is 6.92 Å². The van der Waals surface area contributed by atoms with Crippen LogP contribution in [0.25, 0.3) is 17.1 Å². The van der Waals surface area contributed by atoms with Crippen molar-refractivity contribution >= 4 is 0 Å². The van der Waals surface area contributed by atoms with Gasteiger partial charge in [-0.3, -0.25) is 0 Å². The zero-order valence-corrected chi connectivity index (χ0v) is 9.99. The van der Waals surface area contributed by atoms with Gasteiger partial charge in [-0.15, -0.1) is 15.0 Å². The van der Waals surface area contributed by atoms with Crippen LogP contribution < -0.4 is 0 Å². The van der Waals surface area contributed by atoms with Gasteiger partial charge < -0.3 is 0 Å². The summed E-state index contributed by atoms with van der Waals surface area (Å²) in [6.07, 6.45) is 0. The van der Waals surface area contributed by atoms with Crippen LogP contribution in [-0.2, 0) is 0 Å². The molecule has 0 atom stereocenters. The first-order chi connectivity index (χ1) is 8.83. The summed E-state index contributed by atoms with van der Waals surface area (Å²) in [6, 6.07) is 17.8. The third kappa shape index (κ3) is 2.00. The van der Waals surface area contributed by atoms with E-state index in [9.17, 15) is 0 Å². The third-order valence-electron chi connectivity index (χ3n) is 2.71. The van der Waals surface area contributed by atoms with Gasteiger partial charge in [0.25, 0.3) is 0 Å². The summed E-state index contributed by atoms with van der Waals surface area (Å²) < 4.78 is 0. The second kappa shape index (κ2) is 4.41. The number of rotatable bonds is 2. The van der Waals surface area contributed by atoms with E-state index in [4.69, 9.17) is 0 Å². The van der Waals surface area contributed by atoms with Crippen molar-refractivity contribution in [3.63, 3.8) is 0 Å². The molecule has 0 saturated carbocycles. The van der Waals surface area contributed by atoms with E-state index in [1.807, 2.05) is 61.5 Å². The van der Waals surface area contributed by atoms with Gasteiger partial charge in [0.15, 0.2) is 0 Å². The Morgan fingerprint density at radius 2 is 1.61 bits per heavy atom. The van der Waals surface area contributed by atoms with Crippen LogP contribution in [0, 0.1) is 6.92 Å². The summed E-state index contributed by atoms with van der Waals surface area (Å²) in [7, 11) is 0. The molecule has 0 radical (unpaired) electrons. The van der Waals surface area contributed by atoms with Crippen molar-refractivity contribution in [2.75, 3.05) is 0 Å². The minimum Gasteiger partial charge on any atom is -0.130 e. The first-order valence-corrected chi connectivity index (χ1v) is 5.75. The van der Waals surface area contributed by atoms with E-state index in [1.54, 1.807) is 4.80 Å². The molecule has 1 heterocycles. The molecule has 4 nitrogen and oxygen atoms in total. The molecule has 0 amide bonds. The summed E-state index contributed by atoms with van der Waals surface area (Å²) in [5.41, 5.74) is 3.09. The summed E-state index contributed by atoms with van der Waals surface area (Å²) >= 11 is 0. The molecule has 0 bridgehead atoms. The van der Waals surface area contributed by atoms with E-state index in [2.05, 4.69) is 15.4 Å². The van der Waals surface area contributed by atoms with Crippen LogP contribution in [0.1, 0.15) is 5.56 Å². The molecule has 18 heavy (non-hydrogen) atoms. The Balaban J connectivity index is 1.97. The van der Waals surface area contributed by atoms with E-state index in [-0.39, 0.29) is 0 Å². The van der Waals surface area contributed by atoms with Crippen molar-refractivity contribution in [2.24, 2.45) is 0 Å². The maximum Gasteiger partial charge on any atom is 0.205 e. The Bertz CT molecular complexity index is 641. The number of hydrogen-bond donors (Lipinski definition) is 0. The summed E-state index contributed by atoms with van der Waals surface area (Å²) in [5.74, 6) is 0.635. The van der Waals surface area contributed by atoms with Gasteiger partial charge >= 0.3 is 0 Å². The Morgan fingerprint density at radius 3 is 2.33 bits per heavy atom. The average molecular weight is 236 g/mol. The van der Waals surface area contributed by atoms with Gasteiger partial charge in [0.05, 0.1) is 5.69 Å². The van der Waals surface area contributed by atoms with Crippen LogP contribution in [0.5, 0.6) is 0 Å². The highest BCUT2D eigenvalue weighted by atomic mass is 15.6. The summed E-state index contributed by atoms with van der Waals surface area (Å²) in [6.45, 7) is 2.05. The minimum atomic E-state index is 0.635. The topological polar surface area (TPSA) is 43.6 Å². The monoisotopic (exact) mass is 236 g/mol.